The Morgan fingerprint density at radius 2 is 1.77 bits per heavy atom. The summed E-state index contributed by atoms with van der Waals surface area (Å²) in [4.78, 5) is 34.7. The number of ether oxygens (including phenoxy) is 2. The topological polar surface area (TPSA) is 104 Å². The molecule has 0 radical (unpaired) electrons. The molecule has 1 aliphatic rings. The number of nitrogens with zero attached hydrogens (tertiary/aromatic N) is 2. The van der Waals surface area contributed by atoms with E-state index in [4.69, 9.17) is 15.2 Å². The van der Waals surface area contributed by atoms with Gasteiger partial charge in [0.25, 0.3) is 0 Å². The van der Waals surface area contributed by atoms with Crippen molar-refractivity contribution in [1.82, 2.24) is 9.97 Å². The quantitative estimate of drug-likeness (QED) is 0.459. The number of aromatic nitrogens is 2. The Hall–Kier alpha value is -3.29. The number of fused-ring (bicyclic) bond motifs is 2. The maximum atomic E-state index is 13.2. The zero-order valence-corrected chi connectivity index (χ0v) is 18.0. The Balaban J connectivity index is 0.00000272. The van der Waals surface area contributed by atoms with Crippen LogP contribution in [-0.2, 0) is 0 Å². The molecule has 0 spiro atoms. The highest BCUT2D eigenvalue weighted by Crippen LogP contribution is 2.37. The van der Waals surface area contributed by atoms with Gasteiger partial charge in [0, 0.05) is 12.4 Å². The summed E-state index contributed by atoms with van der Waals surface area (Å²) in [6.07, 6.45) is 3.85. The van der Waals surface area contributed by atoms with Gasteiger partial charge in [0.1, 0.15) is 11.4 Å². The van der Waals surface area contributed by atoms with Crippen molar-refractivity contribution in [3.63, 3.8) is 0 Å². The molecular weight excluding hydrogens is 418 g/mol. The van der Waals surface area contributed by atoms with Crippen LogP contribution in [-0.4, -0.2) is 41.8 Å². The van der Waals surface area contributed by atoms with E-state index in [0.29, 0.717) is 41.3 Å². The predicted molar refractivity (Wildman–Crippen MR) is 118 cm³/mol. The van der Waals surface area contributed by atoms with Gasteiger partial charge in [0.2, 0.25) is 11.6 Å². The van der Waals surface area contributed by atoms with Crippen molar-refractivity contribution in [2.75, 3.05) is 20.3 Å². The molecule has 0 amide bonds. The van der Waals surface area contributed by atoms with Crippen LogP contribution >= 0.6 is 12.4 Å². The number of methoxy groups -OCH3 is 1. The van der Waals surface area contributed by atoms with Crippen LogP contribution in [0.25, 0.3) is 11.1 Å². The van der Waals surface area contributed by atoms with E-state index in [1.54, 1.807) is 37.6 Å². The molecule has 1 aliphatic carbocycles. The minimum Gasteiger partial charge on any atom is -0.493 e. The van der Waals surface area contributed by atoms with Crippen molar-refractivity contribution in [2.45, 2.75) is 13.3 Å². The molecule has 0 unspecified atom stereocenters. The minimum atomic E-state index is -0.315. The van der Waals surface area contributed by atoms with Crippen LogP contribution in [0.15, 0.2) is 42.7 Å². The lowest BCUT2D eigenvalue weighted by molar-refractivity contribution is 0.0972. The van der Waals surface area contributed by atoms with Crippen LogP contribution in [0.2, 0.25) is 0 Å². The molecule has 31 heavy (non-hydrogen) atoms. The van der Waals surface area contributed by atoms with Gasteiger partial charge in [0.15, 0.2) is 11.5 Å². The van der Waals surface area contributed by atoms with Gasteiger partial charge in [-0.05, 0) is 60.8 Å². The molecule has 2 heterocycles. The van der Waals surface area contributed by atoms with E-state index in [1.807, 2.05) is 13.0 Å². The van der Waals surface area contributed by atoms with Gasteiger partial charge in [-0.25, -0.2) is 0 Å². The van der Waals surface area contributed by atoms with Gasteiger partial charge in [0.05, 0.1) is 24.8 Å². The Bertz CT molecular complexity index is 1160. The molecular formula is C23H22ClN3O4. The van der Waals surface area contributed by atoms with Gasteiger partial charge in [-0.3, -0.25) is 19.6 Å². The highest BCUT2D eigenvalue weighted by atomic mass is 35.5. The van der Waals surface area contributed by atoms with E-state index >= 15 is 0 Å². The van der Waals surface area contributed by atoms with Crippen molar-refractivity contribution in [2.24, 2.45) is 5.73 Å². The molecule has 3 aromatic rings. The summed E-state index contributed by atoms with van der Waals surface area (Å²) in [5, 5.41) is 0. The first-order chi connectivity index (χ1) is 14.5. The summed E-state index contributed by atoms with van der Waals surface area (Å²) in [6, 6.07) is 8.78. The normalized spacial score (nSPS) is 12.0. The predicted octanol–water partition coefficient (Wildman–Crippen LogP) is 3.39. The molecule has 160 valence electrons. The molecule has 8 heteroatoms. The first-order valence-electron chi connectivity index (χ1n) is 9.61. The first-order valence-corrected chi connectivity index (χ1v) is 9.61. The van der Waals surface area contributed by atoms with Crippen molar-refractivity contribution >= 4 is 24.0 Å². The molecule has 2 aromatic heterocycles. The number of pyridine rings is 2. The highest BCUT2D eigenvalue weighted by molar-refractivity contribution is 6.28. The summed E-state index contributed by atoms with van der Waals surface area (Å²) in [6.45, 7) is 2.84. The third-order valence-corrected chi connectivity index (χ3v) is 4.96. The molecule has 1 aromatic carbocycles. The molecule has 2 N–H and O–H groups in total. The van der Waals surface area contributed by atoms with Crippen LogP contribution in [0.1, 0.15) is 44.1 Å². The lowest BCUT2D eigenvalue weighted by Crippen LogP contribution is -2.24. The lowest BCUT2D eigenvalue weighted by Gasteiger charge is -2.19. The smallest absolute Gasteiger partial charge is 0.215 e. The Morgan fingerprint density at radius 3 is 2.52 bits per heavy atom. The Kier molecular flexibility index (Phi) is 6.68. The average molecular weight is 440 g/mol. The Labute approximate surface area is 186 Å². The lowest BCUT2D eigenvalue weighted by atomic mass is 9.85. The first kappa shape index (κ1) is 22.4. The number of ketones is 2. The number of rotatable bonds is 6. The van der Waals surface area contributed by atoms with Gasteiger partial charge in [-0.15, -0.1) is 12.4 Å². The monoisotopic (exact) mass is 439 g/mol. The fourth-order valence-electron chi connectivity index (χ4n) is 3.49. The molecule has 0 atom stereocenters. The molecule has 7 nitrogen and oxygen atoms in total. The van der Waals surface area contributed by atoms with Crippen molar-refractivity contribution in [1.29, 1.82) is 0 Å². The molecule has 0 saturated carbocycles. The summed E-state index contributed by atoms with van der Waals surface area (Å²) >= 11 is 0. The van der Waals surface area contributed by atoms with Gasteiger partial charge in [-0.1, -0.05) is 6.07 Å². The van der Waals surface area contributed by atoms with Crippen LogP contribution < -0.4 is 15.2 Å². The van der Waals surface area contributed by atoms with E-state index in [0.717, 1.165) is 12.0 Å². The molecule has 0 aliphatic heterocycles. The number of benzene rings is 1. The van der Waals surface area contributed by atoms with Gasteiger partial charge >= 0.3 is 0 Å². The van der Waals surface area contributed by atoms with E-state index < -0.39 is 0 Å². The summed E-state index contributed by atoms with van der Waals surface area (Å²) in [7, 11) is 1.55. The number of halogens is 1. The van der Waals surface area contributed by atoms with E-state index in [-0.39, 0.29) is 40.9 Å². The fraction of sp³-hybridized carbons (Fsp3) is 0.217. The van der Waals surface area contributed by atoms with E-state index in [2.05, 4.69) is 9.97 Å². The number of hydrogen-bond acceptors (Lipinski definition) is 7. The number of aryl methyl sites for hydroxylation is 1. The molecule has 4 rings (SSSR count). The second-order valence-electron chi connectivity index (χ2n) is 7.01. The van der Waals surface area contributed by atoms with Crippen LogP contribution in [0.3, 0.4) is 0 Å². The number of carbonyl (C=O) groups is 2. The maximum Gasteiger partial charge on any atom is 0.215 e. The molecule has 0 fully saturated rings. The third kappa shape index (κ3) is 4.02. The molecule has 0 saturated heterocycles. The number of nitrogens with two attached hydrogens (primary N) is 1. The van der Waals surface area contributed by atoms with Gasteiger partial charge < -0.3 is 15.2 Å². The minimum absolute atomic E-state index is 0. The number of carbonyl (C=O) groups excluding carboxylic acids is 2. The second kappa shape index (κ2) is 9.24. The standard InChI is InChI=1S/C23H21N3O4.ClH/c1-13-10-16-20(26-12-13)23(28)19-15(6-8-25-21(19)22(16)27)14-4-5-17(18(11-14)29-2)30-9-3-7-24;/h4-6,8,10-12H,3,7,9,24H2,1-2H3;1H. The number of hydrogen-bond donors (Lipinski definition) is 1. The Morgan fingerprint density at radius 1 is 0.968 bits per heavy atom. The zero-order chi connectivity index (χ0) is 21.3. The molecule has 0 bridgehead atoms. The van der Waals surface area contributed by atoms with E-state index in [9.17, 15) is 9.59 Å². The van der Waals surface area contributed by atoms with Gasteiger partial charge in [-0.2, -0.15) is 0 Å². The highest BCUT2D eigenvalue weighted by Gasteiger charge is 2.34. The largest absolute Gasteiger partial charge is 0.493 e. The van der Waals surface area contributed by atoms with Crippen LogP contribution in [0.4, 0.5) is 0 Å². The summed E-state index contributed by atoms with van der Waals surface area (Å²) in [5.74, 6) is 0.498. The summed E-state index contributed by atoms with van der Waals surface area (Å²) in [5.41, 5.74) is 8.47. The van der Waals surface area contributed by atoms with Crippen LogP contribution in [0.5, 0.6) is 11.5 Å². The SMILES string of the molecule is COc1cc(-c2ccnc3c2C(=O)c2ncc(C)cc2C3=O)ccc1OCCCN.Cl. The van der Waals surface area contributed by atoms with Crippen molar-refractivity contribution in [3.05, 3.63) is 70.8 Å². The second-order valence-corrected chi connectivity index (χ2v) is 7.01. The maximum absolute atomic E-state index is 13.2. The zero-order valence-electron chi connectivity index (χ0n) is 17.2. The van der Waals surface area contributed by atoms with Crippen molar-refractivity contribution in [3.8, 4) is 22.6 Å². The third-order valence-electron chi connectivity index (χ3n) is 4.96. The summed E-state index contributed by atoms with van der Waals surface area (Å²) < 4.78 is 11.2. The van der Waals surface area contributed by atoms with E-state index in [1.165, 1.54) is 6.20 Å². The average Bonchev–Trinajstić information content (AvgIpc) is 2.77. The van der Waals surface area contributed by atoms with Crippen molar-refractivity contribution < 1.29 is 19.1 Å². The van der Waals surface area contributed by atoms with Crippen LogP contribution in [0, 0.1) is 6.92 Å². The fourth-order valence-corrected chi connectivity index (χ4v) is 3.49.